The third-order valence-corrected chi connectivity index (χ3v) is 2.97. The molecule has 0 bridgehead atoms. The lowest BCUT2D eigenvalue weighted by atomic mass is 10.0. The second-order valence-electron chi connectivity index (χ2n) is 5.19. The van der Waals surface area contributed by atoms with Crippen molar-refractivity contribution in [2.24, 2.45) is 5.92 Å². The highest BCUT2D eigenvalue weighted by molar-refractivity contribution is 5.88. The molecule has 1 aromatic rings. The van der Waals surface area contributed by atoms with Gasteiger partial charge in [0.1, 0.15) is 5.75 Å². The van der Waals surface area contributed by atoms with Crippen LogP contribution in [0.1, 0.15) is 55.5 Å². The van der Waals surface area contributed by atoms with Crippen LogP contribution in [-0.4, -0.2) is 16.2 Å². The van der Waals surface area contributed by atoms with Gasteiger partial charge in [0.2, 0.25) is 0 Å². The summed E-state index contributed by atoms with van der Waals surface area (Å²) >= 11 is 0. The maximum absolute atomic E-state index is 10.8. The summed E-state index contributed by atoms with van der Waals surface area (Å²) in [5.74, 6) is -0.219. The van der Waals surface area contributed by atoms with Crippen LogP contribution in [0, 0.1) is 5.92 Å². The second-order valence-corrected chi connectivity index (χ2v) is 5.19. The largest absolute Gasteiger partial charge is 0.508 e. The van der Waals surface area contributed by atoms with E-state index >= 15 is 0 Å². The predicted molar refractivity (Wildman–Crippen MR) is 72.1 cm³/mol. The highest BCUT2D eigenvalue weighted by Crippen LogP contribution is 2.18. The molecule has 1 rings (SSSR count). The Kier molecular flexibility index (Phi) is 5.69. The number of aryl methyl sites for hydroxylation is 1. The fourth-order valence-electron chi connectivity index (χ4n) is 2.00. The van der Waals surface area contributed by atoms with E-state index in [0.29, 0.717) is 0 Å². The zero-order valence-electron chi connectivity index (χ0n) is 11.1. The Bertz CT molecular complexity index is 397. The van der Waals surface area contributed by atoms with Crippen molar-refractivity contribution in [1.29, 1.82) is 0 Å². The lowest BCUT2D eigenvalue weighted by Crippen LogP contribution is -1.98. The summed E-state index contributed by atoms with van der Waals surface area (Å²) in [4.78, 5) is 10.8. The second kappa shape index (κ2) is 7.04. The van der Waals surface area contributed by atoms with Crippen LogP contribution in [0.2, 0.25) is 0 Å². The SMILES string of the molecule is CC(C)CCCCCc1cc(O)cc(C(=O)O)c1. The third kappa shape index (κ3) is 5.21. The van der Waals surface area contributed by atoms with Gasteiger partial charge in [0.15, 0.2) is 0 Å². The standard InChI is InChI=1S/C15H22O3/c1-11(2)6-4-3-5-7-12-8-13(15(17)18)10-14(16)9-12/h8-11,16H,3-7H2,1-2H3,(H,17,18). The summed E-state index contributed by atoms with van der Waals surface area (Å²) in [5, 5.41) is 18.3. The molecule has 0 atom stereocenters. The number of benzene rings is 1. The van der Waals surface area contributed by atoms with Gasteiger partial charge in [0, 0.05) is 0 Å². The minimum Gasteiger partial charge on any atom is -0.508 e. The van der Waals surface area contributed by atoms with Crippen LogP contribution in [0.4, 0.5) is 0 Å². The van der Waals surface area contributed by atoms with Crippen LogP contribution in [0.25, 0.3) is 0 Å². The molecule has 0 aliphatic carbocycles. The van der Waals surface area contributed by atoms with Gasteiger partial charge < -0.3 is 10.2 Å². The molecular weight excluding hydrogens is 228 g/mol. The summed E-state index contributed by atoms with van der Waals surface area (Å²) in [7, 11) is 0. The van der Waals surface area contributed by atoms with Crippen LogP contribution in [-0.2, 0) is 6.42 Å². The number of carboxylic acids is 1. The number of hydrogen-bond acceptors (Lipinski definition) is 2. The van der Waals surface area contributed by atoms with Crippen molar-refractivity contribution < 1.29 is 15.0 Å². The first-order chi connectivity index (χ1) is 8.49. The molecule has 0 aromatic heterocycles. The molecule has 0 aliphatic heterocycles. The Morgan fingerprint density at radius 3 is 2.50 bits per heavy atom. The van der Waals surface area contributed by atoms with Crippen molar-refractivity contribution in [3.05, 3.63) is 29.3 Å². The lowest BCUT2D eigenvalue weighted by molar-refractivity contribution is 0.0696. The summed E-state index contributed by atoms with van der Waals surface area (Å²) < 4.78 is 0. The molecule has 100 valence electrons. The minimum atomic E-state index is -0.994. The number of hydrogen-bond donors (Lipinski definition) is 2. The van der Waals surface area contributed by atoms with E-state index in [4.69, 9.17) is 5.11 Å². The smallest absolute Gasteiger partial charge is 0.335 e. The summed E-state index contributed by atoms with van der Waals surface area (Å²) in [6, 6.07) is 4.57. The van der Waals surface area contributed by atoms with E-state index < -0.39 is 5.97 Å². The number of phenols is 1. The minimum absolute atomic E-state index is 0.0343. The summed E-state index contributed by atoms with van der Waals surface area (Å²) in [6.07, 6.45) is 5.46. The maximum Gasteiger partial charge on any atom is 0.335 e. The van der Waals surface area contributed by atoms with Crippen LogP contribution >= 0.6 is 0 Å². The molecule has 3 heteroatoms. The molecule has 1 aromatic carbocycles. The van der Waals surface area contributed by atoms with Crippen LogP contribution in [0.15, 0.2) is 18.2 Å². The van der Waals surface area contributed by atoms with Gasteiger partial charge in [-0.2, -0.15) is 0 Å². The highest BCUT2D eigenvalue weighted by Gasteiger charge is 2.06. The summed E-state index contributed by atoms with van der Waals surface area (Å²) in [5.41, 5.74) is 1.06. The van der Waals surface area contributed by atoms with Crippen LogP contribution in [0.3, 0.4) is 0 Å². The van der Waals surface area contributed by atoms with Gasteiger partial charge in [-0.15, -0.1) is 0 Å². The first-order valence-corrected chi connectivity index (χ1v) is 6.55. The molecule has 0 fully saturated rings. The number of carbonyl (C=O) groups is 1. The van der Waals surface area contributed by atoms with Gasteiger partial charge in [-0.3, -0.25) is 0 Å². The molecule has 0 saturated heterocycles. The van der Waals surface area contributed by atoms with Crippen molar-refractivity contribution in [1.82, 2.24) is 0 Å². The Morgan fingerprint density at radius 2 is 1.89 bits per heavy atom. The molecule has 0 saturated carbocycles. The fourth-order valence-corrected chi connectivity index (χ4v) is 2.00. The quantitative estimate of drug-likeness (QED) is 0.723. The molecule has 0 amide bonds. The lowest BCUT2D eigenvalue weighted by Gasteiger charge is -2.06. The van der Waals surface area contributed by atoms with Crippen molar-refractivity contribution in [3.8, 4) is 5.75 Å². The summed E-state index contributed by atoms with van der Waals surface area (Å²) in [6.45, 7) is 4.43. The van der Waals surface area contributed by atoms with Crippen molar-refractivity contribution >= 4 is 5.97 Å². The normalized spacial score (nSPS) is 10.8. The first kappa shape index (κ1) is 14.6. The molecule has 0 unspecified atom stereocenters. The third-order valence-electron chi connectivity index (χ3n) is 2.97. The topological polar surface area (TPSA) is 57.5 Å². The van der Waals surface area contributed by atoms with Gasteiger partial charge in [-0.1, -0.05) is 33.1 Å². The molecular formula is C15H22O3. The van der Waals surface area contributed by atoms with E-state index in [9.17, 15) is 9.90 Å². The number of aromatic hydroxyl groups is 1. The molecule has 2 N–H and O–H groups in total. The number of aromatic carboxylic acids is 1. The Morgan fingerprint density at radius 1 is 1.17 bits per heavy atom. The number of unbranched alkanes of at least 4 members (excludes halogenated alkanes) is 2. The number of rotatable bonds is 7. The van der Waals surface area contributed by atoms with Crippen molar-refractivity contribution in [3.63, 3.8) is 0 Å². The number of carboxylic acid groups (broad SMARTS) is 1. The van der Waals surface area contributed by atoms with Crippen molar-refractivity contribution in [2.75, 3.05) is 0 Å². The van der Waals surface area contributed by atoms with E-state index in [1.54, 1.807) is 12.1 Å². The molecule has 0 heterocycles. The van der Waals surface area contributed by atoms with Gasteiger partial charge in [0.25, 0.3) is 0 Å². The molecule has 0 radical (unpaired) electrons. The number of phenolic OH excluding ortho intramolecular Hbond substituents is 1. The average Bonchev–Trinajstić information content (AvgIpc) is 2.27. The predicted octanol–water partition coefficient (Wildman–Crippen LogP) is 3.85. The Balaban J connectivity index is 2.44. The van der Waals surface area contributed by atoms with E-state index in [0.717, 1.165) is 30.7 Å². The van der Waals surface area contributed by atoms with Gasteiger partial charge in [-0.25, -0.2) is 4.79 Å². The fraction of sp³-hybridized carbons (Fsp3) is 0.533. The average molecular weight is 250 g/mol. The van der Waals surface area contributed by atoms with Crippen LogP contribution in [0.5, 0.6) is 5.75 Å². The zero-order valence-corrected chi connectivity index (χ0v) is 11.1. The Labute approximate surface area is 108 Å². The molecule has 18 heavy (non-hydrogen) atoms. The zero-order chi connectivity index (χ0) is 13.5. The van der Waals surface area contributed by atoms with Gasteiger partial charge in [-0.05, 0) is 42.5 Å². The monoisotopic (exact) mass is 250 g/mol. The molecule has 0 aliphatic rings. The maximum atomic E-state index is 10.8. The van der Waals surface area contributed by atoms with E-state index in [1.165, 1.54) is 18.9 Å². The first-order valence-electron chi connectivity index (χ1n) is 6.55. The van der Waals surface area contributed by atoms with E-state index in [1.807, 2.05) is 0 Å². The van der Waals surface area contributed by atoms with E-state index in [-0.39, 0.29) is 11.3 Å². The van der Waals surface area contributed by atoms with E-state index in [2.05, 4.69) is 13.8 Å². The molecule has 0 spiro atoms. The van der Waals surface area contributed by atoms with Crippen molar-refractivity contribution in [2.45, 2.75) is 46.0 Å². The highest BCUT2D eigenvalue weighted by atomic mass is 16.4. The Hall–Kier alpha value is -1.51. The van der Waals surface area contributed by atoms with Gasteiger partial charge in [0.05, 0.1) is 5.56 Å². The van der Waals surface area contributed by atoms with Crippen LogP contribution < -0.4 is 0 Å². The van der Waals surface area contributed by atoms with Gasteiger partial charge >= 0.3 is 5.97 Å². The molecule has 3 nitrogen and oxygen atoms in total.